The van der Waals surface area contributed by atoms with Gasteiger partial charge in [0.2, 0.25) is 0 Å². The van der Waals surface area contributed by atoms with Gasteiger partial charge in [-0.3, -0.25) is 0 Å². The number of nitrogens with zero attached hydrogens (tertiary/aromatic N) is 1. The van der Waals surface area contributed by atoms with Gasteiger partial charge in [-0.1, -0.05) is 54.6 Å². The molecule has 0 spiro atoms. The highest BCUT2D eigenvalue weighted by molar-refractivity contribution is 6.07. The maximum Gasteiger partial charge on any atom is 0.340 e. The van der Waals surface area contributed by atoms with Crippen molar-refractivity contribution in [2.24, 2.45) is 0 Å². The number of esters is 2. The summed E-state index contributed by atoms with van der Waals surface area (Å²) in [4.78, 5) is 26.7. The lowest BCUT2D eigenvalue weighted by molar-refractivity contribution is -0.139. The number of para-hydroxylation sites is 1. The third kappa shape index (κ3) is 3.92. The fourth-order valence-electron chi connectivity index (χ4n) is 3.15. The van der Waals surface area contributed by atoms with E-state index in [1.807, 2.05) is 65.6 Å². The van der Waals surface area contributed by atoms with Gasteiger partial charge in [-0.15, -0.1) is 0 Å². The Balaban J connectivity index is 2.17. The van der Waals surface area contributed by atoms with E-state index in [2.05, 4.69) is 0 Å². The van der Waals surface area contributed by atoms with Crippen molar-refractivity contribution in [3.05, 3.63) is 89.6 Å². The minimum atomic E-state index is -0.582. The summed E-state index contributed by atoms with van der Waals surface area (Å²) in [5.74, 6) is -1.14. The fraction of sp³-hybridized carbons (Fsp3) is 0.182. The molecule has 0 bridgehead atoms. The van der Waals surface area contributed by atoms with Crippen LogP contribution >= 0.6 is 0 Å². The van der Waals surface area contributed by atoms with Gasteiger partial charge in [0.25, 0.3) is 0 Å². The summed E-state index contributed by atoms with van der Waals surface area (Å²) in [6.07, 6.45) is 3.95. The zero-order chi connectivity index (χ0) is 19.2. The number of carbonyl (C=O) groups is 2. The molecule has 0 saturated carbocycles. The zero-order valence-electron chi connectivity index (χ0n) is 15.3. The molecule has 2 aromatic carbocycles. The number of methoxy groups -OCH3 is 2. The Morgan fingerprint density at radius 3 is 2.00 bits per heavy atom. The predicted octanol–water partition coefficient (Wildman–Crippen LogP) is 3.79. The van der Waals surface area contributed by atoms with Crippen LogP contribution in [0.15, 0.2) is 84.1 Å². The van der Waals surface area contributed by atoms with E-state index >= 15 is 0 Å². The van der Waals surface area contributed by atoms with E-state index < -0.39 is 11.9 Å². The van der Waals surface area contributed by atoms with Crippen LogP contribution in [0.5, 0.6) is 0 Å². The van der Waals surface area contributed by atoms with Gasteiger partial charge in [0, 0.05) is 11.9 Å². The molecule has 1 aliphatic rings. The summed E-state index contributed by atoms with van der Waals surface area (Å²) in [6, 6.07) is 19.6. The third-order valence-corrected chi connectivity index (χ3v) is 4.49. The van der Waals surface area contributed by atoms with E-state index in [0.29, 0.717) is 6.42 Å². The average Bonchev–Trinajstić information content (AvgIpc) is 2.94. The second kappa shape index (κ2) is 8.36. The number of hydrogen-bond donors (Lipinski definition) is 0. The molecule has 1 heterocycles. The first-order valence-corrected chi connectivity index (χ1v) is 8.63. The first-order valence-electron chi connectivity index (χ1n) is 8.63. The van der Waals surface area contributed by atoms with Crippen LogP contribution in [0.4, 0.5) is 5.69 Å². The lowest BCUT2D eigenvalue weighted by atomic mass is 10.0. The maximum atomic E-state index is 12.4. The summed E-state index contributed by atoms with van der Waals surface area (Å²) in [5.41, 5.74) is 2.37. The highest BCUT2D eigenvalue weighted by atomic mass is 16.5. The van der Waals surface area contributed by atoms with E-state index in [9.17, 15) is 9.59 Å². The molecule has 0 aliphatic carbocycles. The van der Waals surface area contributed by atoms with Crippen LogP contribution in [0.1, 0.15) is 18.0 Å². The Kier molecular flexibility index (Phi) is 5.71. The SMILES string of the molecule is COC(=O)C1=CCC(c2ccccc2)N(c2ccccc2)C=C1C(=O)OC. The number of benzene rings is 2. The van der Waals surface area contributed by atoms with Crippen molar-refractivity contribution in [2.45, 2.75) is 12.5 Å². The minimum Gasteiger partial charge on any atom is -0.465 e. The summed E-state index contributed by atoms with van der Waals surface area (Å²) in [5, 5.41) is 0. The standard InChI is InChI=1S/C22H21NO4/c1-26-21(24)18-13-14-20(16-9-5-3-6-10-16)23(15-19(18)22(25)27-2)17-11-7-4-8-12-17/h3-13,15,20H,14H2,1-2H3. The molecule has 1 aliphatic heterocycles. The third-order valence-electron chi connectivity index (χ3n) is 4.49. The predicted molar refractivity (Wildman–Crippen MR) is 103 cm³/mol. The number of carbonyl (C=O) groups excluding carboxylic acids is 2. The average molecular weight is 363 g/mol. The van der Waals surface area contributed by atoms with Gasteiger partial charge < -0.3 is 14.4 Å². The highest BCUT2D eigenvalue weighted by Crippen LogP contribution is 2.35. The van der Waals surface area contributed by atoms with Crippen molar-refractivity contribution in [3.63, 3.8) is 0 Å². The molecule has 0 N–H and O–H groups in total. The normalized spacial score (nSPS) is 16.7. The summed E-state index contributed by atoms with van der Waals surface area (Å²) in [6.45, 7) is 0. The molecule has 27 heavy (non-hydrogen) atoms. The van der Waals surface area contributed by atoms with Crippen LogP contribution in [0, 0.1) is 0 Å². The van der Waals surface area contributed by atoms with Crippen LogP contribution < -0.4 is 4.90 Å². The maximum absolute atomic E-state index is 12.4. The van der Waals surface area contributed by atoms with Gasteiger partial charge >= 0.3 is 11.9 Å². The molecule has 0 aromatic heterocycles. The smallest absolute Gasteiger partial charge is 0.340 e. The summed E-state index contributed by atoms with van der Waals surface area (Å²) < 4.78 is 9.79. The van der Waals surface area contributed by atoms with Gasteiger partial charge in [0.05, 0.1) is 31.4 Å². The van der Waals surface area contributed by atoms with Crippen molar-refractivity contribution in [1.82, 2.24) is 0 Å². The van der Waals surface area contributed by atoms with Crippen LogP contribution in [-0.2, 0) is 19.1 Å². The molecule has 0 amide bonds. The number of ether oxygens (including phenoxy) is 2. The molecular weight excluding hydrogens is 342 g/mol. The molecule has 3 rings (SSSR count). The van der Waals surface area contributed by atoms with Crippen molar-refractivity contribution in [2.75, 3.05) is 19.1 Å². The van der Waals surface area contributed by atoms with Crippen LogP contribution in [0.3, 0.4) is 0 Å². The second-order valence-electron chi connectivity index (χ2n) is 6.05. The Morgan fingerprint density at radius 2 is 1.41 bits per heavy atom. The van der Waals surface area contributed by atoms with Crippen molar-refractivity contribution < 1.29 is 19.1 Å². The molecule has 138 valence electrons. The van der Waals surface area contributed by atoms with Crippen LogP contribution in [0.25, 0.3) is 0 Å². The van der Waals surface area contributed by atoms with Gasteiger partial charge in [-0.05, 0) is 24.1 Å². The molecular formula is C22H21NO4. The van der Waals surface area contributed by atoms with E-state index in [1.165, 1.54) is 14.2 Å². The van der Waals surface area contributed by atoms with Crippen LogP contribution in [-0.4, -0.2) is 26.2 Å². The monoisotopic (exact) mass is 363 g/mol. The lowest BCUT2D eigenvalue weighted by Crippen LogP contribution is -2.24. The molecule has 5 heteroatoms. The van der Waals surface area contributed by atoms with Crippen molar-refractivity contribution in [3.8, 4) is 0 Å². The Hall–Kier alpha value is -3.34. The molecule has 0 fully saturated rings. The number of rotatable bonds is 4. The quantitative estimate of drug-likeness (QED) is 0.774. The summed E-state index contributed by atoms with van der Waals surface area (Å²) >= 11 is 0. The molecule has 0 saturated heterocycles. The van der Waals surface area contributed by atoms with E-state index in [-0.39, 0.29) is 17.2 Å². The van der Waals surface area contributed by atoms with Crippen molar-refractivity contribution in [1.29, 1.82) is 0 Å². The lowest BCUT2D eigenvalue weighted by Gasteiger charge is -2.30. The Morgan fingerprint density at radius 1 is 0.852 bits per heavy atom. The largest absolute Gasteiger partial charge is 0.465 e. The van der Waals surface area contributed by atoms with Gasteiger partial charge in [-0.25, -0.2) is 9.59 Å². The Bertz CT molecular complexity index is 872. The molecule has 2 aromatic rings. The minimum absolute atomic E-state index is 0.0876. The highest BCUT2D eigenvalue weighted by Gasteiger charge is 2.29. The molecule has 0 radical (unpaired) electrons. The Labute approximate surface area is 158 Å². The first-order chi connectivity index (χ1) is 13.2. The summed E-state index contributed by atoms with van der Waals surface area (Å²) in [7, 11) is 2.59. The number of hydrogen-bond acceptors (Lipinski definition) is 5. The van der Waals surface area contributed by atoms with Gasteiger partial charge in [0.1, 0.15) is 0 Å². The molecule has 1 atom stereocenters. The van der Waals surface area contributed by atoms with E-state index in [0.717, 1.165) is 11.3 Å². The fourth-order valence-corrected chi connectivity index (χ4v) is 3.15. The first kappa shape index (κ1) is 18.5. The van der Waals surface area contributed by atoms with E-state index in [1.54, 1.807) is 12.3 Å². The molecule has 5 nitrogen and oxygen atoms in total. The molecule has 1 unspecified atom stereocenters. The zero-order valence-corrected chi connectivity index (χ0v) is 15.3. The van der Waals surface area contributed by atoms with Gasteiger partial charge in [0.15, 0.2) is 0 Å². The van der Waals surface area contributed by atoms with Crippen LogP contribution in [0.2, 0.25) is 0 Å². The second-order valence-corrected chi connectivity index (χ2v) is 6.05. The number of anilines is 1. The van der Waals surface area contributed by atoms with Gasteiger partial charge in [-0.2, -0.15) is 0 Å². The van der Waals surface area contributed by atoms with E-state index in [4.69, 9.17) is 9.47 Å². The topological polar surface area (TPSA) is 55.8 Å². The van der Waals surface area contributed by atoms with Crippen molar-refractivity contribution >= 4 is 17.6 Å².